The molecule has 0 saturated heterocycles. The van der Waals surface area contributed by atoms with Crippen molar-refractivity contribution in [3.05, 3.63) is 59.7 Å². The van der Waals surface area contributed by atoms with Gasteiger partial charge in [-0.1, -0.05) is 12.1 Å². The van der Waals surface area contributed by atoms with E-state index in [2.05, 4.69) is 17.9 Å². The molecule has 1 N–H and O–H groups in total. The Hall–Kier alpha value is -2.07. The molecule has 0 fully saturated rings. The van der Waals surface area contributed by atoms with Gasteiger partial charge in [0, 0.05) is 16.1 Å². The molecular weight excluding hydrogens is 258 g/mol. The van der Waals surface area contributed by atoms with Gasteiger partial charge in [0.25, 0.3) is 5.91 Å². The molecule has 0 radical (unpaired) electrons. The van der Waals surface area contributed by atoms with Gasteiger partial charge in [0.15, 0.2) is 5.78 Å². The molecule has 2 aromatic carbocycles. The molecule has 0 saturated carbocycles. The Balaban J connectivity index is 2.15. The van der Waals surface area contributed by atoms with E-state index >= 15 is 0 Å². The molecule has 3 nitrogen and oxygen atoms in total. The molecule has 0 unspecified atom stereocenters. The molecule has 0 spiro atoms. The number of hydrogen-bond donors (Lipinski definition) is 2. The number of nitrogens with one attached hydrogen (secondary N) is 1. The molecule has 0 aliphatic rings. The number of anilines is 1. The van der Waals surface area contributed by atoms with Crippen LogP contribution in [-0.2, 0) is 0 Å². The van der Waals surface area contributed by atoms with E-state index in [1.54, 1.807) is 42.5 Å². The molecule has 2 aromatic rings. The predicted octanol–water partition coefficient (Wildman–Crippen LogP) is 3.43. The van der Waals surface area contributed by atoms with Crippen molar-refractivity contribution >= 4 is 30.0 Å². The van der Waals surface area contributed by atoms with Crippen molar-refractivity contribution in [2.75, 3.05) is 5.32 Å². The third-order valence-corrected chi connectivity index (χ3v) is 3.09. The van der Waals surface area contributed by atoms with Crippen LogP contribution in [-0.4, -0.2) is 11.7 Å². The highest BCUT2D eigenvalue weighted by Gasteiger charge is 2.09. The van der Waals surface area contributed by atoms with Crippen molar-refractivity contribution in [1.82, 2.24) is 0 Å². The number of rotatable bonds is 3. The number of hydrogen-bond acceptors (Lipinski definition) is 3. The first-order chi connectivity index (χ1) is 9.08. The predicted molar refractivity (Wildman–Crippen MR) is 78.1 cm³/mol. The number of carbonyl (C=O) groups excluding carboxylic acids is 2. The summed E-state index contributed by atoms with van der Waals surface area (Å²) in [5.74, 6) is -0.222. The summed E-state index contributed by atoms with van der Waals surface area (Å²) < 4.78 is 0. The first kappa shape index (κ1) is 13.4. The summed E-state index contributed by atoms with van der Waals surface area (Å²) in [6.45, 7) is 1.50. The van der Waals surface area contributed by atoms with Crippen molar-refractivity contribution < 1.29 is 9.59 Å². The van der Waals surface area contributed by atoms with E-state index in [0.717, 1.165) is 0 Å². The van der Waals surface area contributed by atoms with Crippen LogP contribution in [0.4, 0.5) is 5.69 Å². The van der Waals surface area contributed by atoms with E-state index in [-0.39, 0.29) is 11.7 Å². The Labute approximate surface area is 117 Å². The first-order valence-corrected chi connectivity index (χ1v) is 6.23. The van der Waals surface area contributed by atoms with Crippen LogP contribution in [0, 0.1) is 0 Å². The van der Waals surface area contributed by atoms with Crippen molar-refractivity contribution in [2.45, 2.75) is 11.8 Å². The number of Topliss-reactive ketones (excluding diaryl/α,β-unsaturated/α-hetero) is 1. The van der Waals surface area contributed by atoms with Crippen LogP contribution < -0.4 is 5.32 Å². The monoisotopic (exact) mass is 271 g/mol. The van der Waals surface area contributed by atoms with E-state index in [4.69, 9.17) is 0 Å². The Kier molecular flexibility index (Phi) is 4.02. The molecule has 0 aliphatic heterocycles. The minimum absolute atomic E-state index is 0.00131. The highest BCUT2D eigenvalue weighted by molar-refractivity contribution is 7.80. The molecule has 0 bridgehead atoms. The smallest absolute Gasteiger partial charge is 0.256 e. The zero-order valence-corrected chi connectivity index (χ0v) is 11.3. The van der Waals surface area contributed by atoms with Crippen molar-refractivity contribution in [3.63, 3.8) is 0 Å². The lowest BCUT2D eigenvalue weighted by atomic mass is 10.1. The molecule has 0 heterocycles. The van der Waals surface area contributed by atoms with Crippen molar-refractivity contribution in [1.29, 1.82) is 0 Å². The number of thiol groups is 1. The average Bonchev–Trinajstić information content (AvgIpc) is 2.39. The Morgan fingerprint density at radius 3 is 2.21 bits per heavy atom. The summed E-state index contributed by atoms with van der Waals surface area (Å²) in [6, 6.07) is 13.9. The lowest BCUT2D eigenvalue weighted by molar-refractivity contribution is 0.101. The van der Waals surface area contributed by atoms with Gasteiger partial charge < -0.3 is 5.32 Å². The van der Waals surface area contributed by atoms with E-state index < -0.39 is 0 Å². The number of benzene rings is 2. The normalized spacial score (nSPS) is 10.0. The van der Waals surface area contributed by atoms with Gasteiger partial charge in [-0.3, -0.25) is 9.59 Å². The van der Waals surface area contributed by atoms with E-state index in [0.29, 0.717) is 21.7 Å². The van der Waals surface area contributed by atoms with Crippen LogP contribution >= 0.6 is 12.6 Å². The standard InChI is InChI=1S/C15H13NO2S/c1-10(17)11-6-8-12(9-7-11)16-15(18)13-4-2-3-5-14(13)19/h2-9,19H,1H3,(H,16,18). The summed E-state index contributed by atoms with van der Waals surface area (Å²) in [5.41, 5.74) is 1.78. The zero-order chi connectivity index (χ0) is 13.8. The summed E-state index contributed by atoms with van der Waals surface area (Å²) in [4.78, 5) is 23.8. The number of ketones is 1. The fraction of sp³-hybridized carbons (Fsp3) is 0.0667. The zero-order valence-electron chi connectivity index (χ0n) is 10.4. The molecule has 0 aromatic heterocycles. The first-order valence-electron chi connectivity index (χ1n) is 5.78. The second-order valence-electron chi connectivity index (χ2n) is 4.10. The molecule has 0 atom stereocenters. The Morgan fingerprint density at radius 1 is 1.00 bits per heavy atom. The van der Waals surface area contributed by atoms with Gasteiger partial charge in [-0.15, -0.1) is 12.6 Å². The van der Waals surface area contributed by atoms with E-state index in [1.807, 2.05) is 6.07 Å². The van der Waals surface area contributed by atoms with Gasteiger partial charge in [0.1, 0.15) is 0 Å². The van der Waals surface area contributed by atoms with Gasteiger partial charge in [0.05, 0.1) is 5.56 Å². The summed E-state index contributed by atoms with van der Waals surface area (Å²) in [7, 11) is 0. The van der Waals surface area contributed by atoms with Crippen LogP contribution in [0.5, 0.6) is 0 Å². The molecular formula is C15H13NO2S. The second kappa shape index (κ2) is 5.71. The molecule has 4 heteroatoms. The molecule has 96 valence electrons. The van der Waals surface area contributed by atoms with Crippen LogP contribution in [0.3, 0.4) is 0 Å². The largest absolute Gasteiger partial charge is 0.322 e. The van der Waals surface area contributed by atoms with Gasteiger partial charge in [-0.25, -0.2) is 0 Å². The second-order valence-corrected chi connectivity index (χ2v) is 4.59. The topological polar surface area (TPSA) is 46.2 Å². The maximum atomic E-state index is 12.0. The Bertz CT molecular complexity index is 620. The summed E-state index contributed by atoms with van der Waals surface area (Å²) in [6.07, 6.45) is 0. The Morgan fingerprint density at radius 2 is 1.63 bits per heavy atom. The van der Waals surface area contributed by atoms with Gasteiger partial charge in [0.2, 0.25) is 0 Å². The van der Waals surface area contributed by atoms with Crippen molar-refractivity contribution in [2.24, 2.45) is 0 Å². The van der Waals surface area contributed by atoms with Gasteiger partial charge >= 0.3 is 0 Å². The molecule has 0 aliphatic carbocycles. The van der Waals surface area contributed by atoms with E-state index in [9.17, 15) is 9.59 Å². The highest BCUT2D eigenvalue weighted by atomic mass is 32.1. The van der Waals surface area contributed by atoms with Crippen LogP contribution in [0.25, 0.3) is 0 Å². The third-order valence-electron chi connectivity index (χ3n) is 2.70. The fourth-order valence-electron chi connectivity index (χ4n) is 1.65. The maximum absolute atomic E-state index is 12.0. The molecule has 2 rings (SSSR count). The molecule has 1 amide bonds. The van der Waals surface area contributed by atoms with Crippen molar-refractivity contribution in [3.8, 4) is 0 Å². The van der Waals surface area contributed by atoms with Gasteiger partial charge in [-0.2, -0.15) is 0 Å². The van der Waals surface area contributed by atoms with E-state index in [1.165, 1.54) is 6.92 Å². The van der Waals surface area contributed by atoms with Crippen LogP contribution in [0.2, 0.25) is 0 Å². The lowest BCUT2D eigenvalue weighted by Gasteiger charge is -2.07. The summed E-state index contributed by atoms with van der Waals surface area (Å²) >= 11 is 4.24. The highest BCUT2D eigenvalue weighted by Crippen LogP contribution is 2.16. The quantitative estimate of drug-likeness (QED) is 0.663. The fourth-order valence-corrected chi connectivity index (χ4v) is 1.91. The third kappa shape index (κ3) is 3.23. The lowest BCUT2D eigenvalue weighted by Crippen LogP contribution is -2.12. The van der Waals surface area contributed by atoms with Crippen LogP contribution in [0.1, 0.15) is 27.6 Å². The average molecular weight is 271 g/mol. The minimum atomic E-state index is -0.221. The van der Waals surface area contributed by atoms with Gasteiger partial charge in [-0.05, 0) is 43.3 Å². The minimum Gasteiger partial charge on any atom is -0.322 e. The summed E-state index contributed by atoms with van der Waals surface area (Å²) in [5, 5.41) is 2.77. The number of amides is 1. The molecule has 19 heavy (non-hydrogen) atoms. The van der Waals surface area contributed by atoms with Crippen LogP contribution in [0.15, 0.2) is 53.4 Å². The SMILES string of the molecule is CC(=O)c1ccc(NC(=O)c2ccccc2S)cc1. The number of carbonyl (C=O) groups is 2. The maximum Gasteiger partial charge on any atom is 0.256 e.